The summed E-state index contributed by atoms with van der Waals surface area (Å²) < 4.78 is 2.72. The molecule has 0 spiro atoms. The van der Waals surface area contributed by atoms with Crippen LogP contribution in [0.2, 0.25) is 0 Å². The molecular weight excluding hydrogens is 181 g/mol. The van der Waals surface area contributed by atoms with E-state index in [1.165, 1.54) is 11.3 Å². The summed E-state index contributed by atoms with van der Waals surface area (Å²) in [6.45, 7) is 0. The maximum absolute atomic E-state index is 11.1. The van der Waals surface area contributed by atoms with Gasteiger partial charge in [0.25, 0.3) is 0 Å². The van der Waals surface area contributed by atoms with Gasteiger partial charge in [0.05, 0.1) is 10.2 Å². The summed E-state index contributed by atoms with van der Waals surface area (Å²) in [4.78, 5) is 11.2. The zero-order chi connectivity index (χ0) is 7.84. The summed E-state index contributed by atoms with van der Waals surface area (Å²) in [6, 6.07) is 7.79. The Hall–Kier alpha value is -0.0900. The van der Waals surface area contributed by atoms with Crippen LogP contribution in [-0.4, -0.2) is 34.1 Å². The Morgan fingerprint density at radius 3 is 2.67 bits per heavy atom. The van der Waals surface area contributed by atoms with Crippen LogP contribution in [0.4, 0.5) is 0 Å². The molecule has 0 aliphatic carbocycles. The van der Waals surface area contributed by atoms with Gasteiger partial charge in [-0.1, -0.05) is 23.5 Å². The second-order valence-corrected chi connectivity index (χ2v) is 3.39. The van der Waals surface area contributed by atoms with E-state index in [4.69, 9.17) is 0 Å². The molecule has 2 aromatic rings. The molecule has 0 bridgehead atoms. The Balaban J connectivity index is 0.000000720. The van der Waals surface area contributed by atoms with E-state index in [0.29, 0.717) is 0 Å². The van der Waals surface area contributed by atoms with Crippen LogP contribution in [0.25, 0.3) is 10.2 Å². The van der Waals surface area contributed by atoms with E-state index in [-0.39, 0.29) is 34.4 Å². The van der Waals surface area contributed by atoms with Crippen molar-refractivity contribution in [2.24, 2.45) is 7.05 Å². The first-order valence-electron chi connectivity index (χ1n) is 3.33. The van der Waals surface area contributed by atoms with Crippen LogP contribution in [0.3, 0.4) is 0 Å². The summed E-state index contributed by atoms with van der Waals surface area (Å²) in [5, 5.41) is 0. The van der Waals surface area contributed by atoms with Crippen LogP contribution >= 0.6 is 11.3 Å². The summed E-state index contributed by atoms with van der Waals surface area (Å²) in [5.74, 6) is 0. The van der Waals surface area contributed by atoms with E-state index < -0.39 is 0 Å². The monoisotopic (exact) mass is 188 g/mol. The van der Waals surface area contributed by atoms with E-state index in [1.54, 1.807) is 11.6 Å². The van der Waals surface area contributed by atoms with E-state index in [1.807, 2.05) is 24.3 Å². The van der Waals surface area contributed by atoms with Crippen molar-refractivity contribution < 1.29 is 0 Å². The molecule has 57 valence electrons. The van der Waals surface area contributed by atoms with Crippen molar-refractivity contribution in [1.82, 2.24) is 4.57 Å². The predicted octanol–water partition coefficient (Wildman–Crippen LogP) is 1.22. The molecule has 0 saturated heterocycles. The number of thiazole rings is 1. The Bertz CT molecular complexity index is 445. The molecule has 1 radical (unpaired) electrons. The minimum atomic E-state index is 0. The van der Waals surface area contributed by atoms with Gasteiger partial charge in [0.2, 0.25) is 0 Å². The van der Waals surface area contributed by atoms with Crippen LogP contribution < -0.4 is 4.87 Å². The third-order valence-corrected chi connectivity index (χ3v) is 2.71. The van der Waals surface area contributed by atoms with Crippen LogP contribution in [-0.2, 0) is 7.05 Å². The molecule has 0 fully saturated rings. The predicted molar refractivity (Wildman–Crippen MR) is 52.8 cm³/mol. The summed E-state index contributed by atoms with van der Waals surface area (Å²) in [7, 11) is 1.79. The van der Waals surface area contributed by atoms with Gasteiger partial charge in [-0.15, -0.1) is 0 Å². The van der Waals surface area contributed by atoms with Gasteiger partial charge in [0, 0.05) is 36.6 Å². The van der Waals surface area contributed by atoms with Gasteiger partial charge in [-0.05, 0) is 12.1 Å². The Morgan fingerprint density at radius 1 is 1.33 bits per heavy atom. The second kappa shape index (κ2) is 3.75. The molecule has 2 rings (SSSR count). The quantitative estimate of drug-likeness (QED) is 0.570. The van der Waals surface area contributed by atoms with Gasteiger partial charge in [0.1, 0.15) is 0 Å². The van der Waals surface area contributed by atoms with Crippen molar-refractivity contribution in [3.8, 4) is 0 Å². The van der Waals surface area contributed by atoms with Crippen LogP contribution in [0.5, 0.6) is 0 Å². The van der Waals surface area contributed by atoms with Crippen molar-refractivity contribution in [3.63, 3.8) is 0 Å². The average molecular weight is 188 g/mol. The fourth-order valence-electron chi connectivity index (χ4n) is 1.08. The number of benzene rings is 1. The molecule has 0 atom stereocenters. The van der Waals surface area contributed by atoms with E-state index in [2.05, 4.69) is 0 Å². The molecule has 0 unspecified atom stereocenters. The summed E-state index contributed by atoms with van der Waals surface area (Å²) in [5.41, 5.74) is 1.02. The van der Waals surface area contributed by atoms with E-state index in [0.717, 1.165) is 10.2 Å². The van der Waals surface area contributed by atoms with Gasteiger partial charge in [-0.2, -0.15) is 0 Å². The maximum atomic E-state index is 11.1. The van der Waals surface area contributed by atoms with Gasteiger partial charge < -0.3 is 4.57 Å². The van der Waals surface area contributed by atoms with Gasteiger partial charge in [-0.3, -0.25) is 4.79 Å². The fraction of sp³-hybridized carbons (Fsp3) is 0.125. The van der Waals surface area contributed by atoms with Crippen molar-refractivity contribution in [1.29, 1.82) is 0 Å². The smallest absolute Gasteiger partial charge is 0.302 e. The van der Waals surface area contributed by atoms with Crippen LogP contribution in [0.1, 0.15) is 0 Å². The molecule has 12 heavy (non-hydrogen) atoms. The first kappa shape index (κ1) is 9.99. The Labute approximate surface area is 96.1 Å². The standard InChI is InChI=1S/C8H7NOS.Na/c1-9-6-4-2-3-5-7(6)11-8(9)10;/h2-5H,1H3;. The van der Waals surface area contributed by atoms with Crippen molar-refractivity contribution in [2.45, 2.75) is 0 Å². The molecule has 2 nitrogen and oxygen atoms in total. The van der Waals surface area contributed by atoms with E-state index in [9.17, 15) is 4.79 Å². The van der Waals surface area contributed by atoms with Gasteiger partial charge in [-0.25, -0.2) is 0 Å². The zero-order valence-corrected chi connectivity index (χ0v) is 9.89. The summed E-state index contributed by atoms with van der Waals surface area (Å²) >= 11 is 1.29. The van der Waals surface area contributed by atoms with Crippen molar-refractivity contribution >= 4 is 51.1 Å². The van der Waals surface area contributed by atoms with Crippen molar-refractivity contribution in [3.05, 3.63) is 33.9 Å². The molecule has 1 heterocycles. The Kier molecular flexibility index (Phi) is 3.12. The maximum Gasteiger partial charge on any atom is 0.307 e. The Morgan fingerprint density at radius 2 is 2.00 bits per heavy atom. The van der Waals surface area contributed by atoms with Crippen molar-refractivity contribution in [2.75, 3.05) is 0 Å². The molecule has 0 aliphatic rings. The summed E-state index contributed by atoms with van der Waals surface area (Å²) in [6.07, 6.45) is 0. The van der Waals surface area contributed by atoms with E-state index >= 15 is 0 Å². The molecule has 0 saturated carbocycles. The minimum absolute atomic E-state index is 0. The second-order valence-electron chi connectivity index (χ2n) is 2.39. The molecule has 0 amide bonds. The largest absolute Gasteiger partial charge is 0.307 e. The number of nitrogens with zero attached hydrogens (tertiary/aromatic N) is 1. The molecular formula is C8H7NNaOS. The normalized spacial score (nSPS) is 9.75. The molecule has 4 heteroatoms. The molecule has 0 N–H and O–H groups in total. The third-order valence-electron chi connectivity index (χ3n) is 1.70. The average Bonchev–Trinajstić information content (AvgIpc) is 2.30. The molecule has 1 aromatic carbocycles. The molecule has 1 aromatic heterocycles. The SMILES string of the molecule is Cn1c(=O)sc2ccccc21.[Na]. The van der Waals surface area contributed by atoms with Crippen LogP contribution in [0, 0.1) is 0 Å². The number of rotatable bonds is 0. The topological polar surface area (TPSA) is 22.0 Å². The fourth-order valence-corrected chi connectivity index (χ4v) is 1.96. The number of para-hydroxylation sites is 1. The molecule has 0 aliphatic heterocycles. The van der Waals surface area contributed by atoms with Gasteiger partial charge >= 0.3 is 4.87 Å². The van der Waals surface area contributed by atoms with Crippen LogP contribution in [0.15, 0.2) is 29.1 Å². The minimum Gasteiger partial charge on any atom is -0.302 e. The first-order valence-corrected chi connectivity index (χ1v) is 4.15. The number of aryl methyl sites for hydroxylation is 1. The number of fused-ring (bicyclic) bond motifs is 1. The first-order chi connectivity index (χ1) is 5.29. The number of aromatic nitrogens is 1. The third kappa shape index (κ3) is 1.50. The zero-order valence-electron chi connectivity index (χ0n) is 7.07. The van der Waals surface area contributed by atoms with Gasteiger partial charge in [0.15, 0.2) is 0 Å². The number of hydrogen-bond acceptors (Lipinski definition) is 2. The number of hydrogen-bond donors (Lipinski definition) is 0.